The van der Waals surface area contributed by atoms with Crippen molar-refractivity contribution in [3.05, 3.63) is 34.3 Å². The molecule has 0 bridgehead atoms. The summed E-state index contributed by atoms with van der Waals surface area (Å²) in [4.78, 5) is 2.31. The Balaban J connectivity index is 0.00000176. The van der Waals surface area contributed by atoms with Crippen LogP contribution in [0.2, 0.25) is 5.02 Å². The summed E-state index contributed by atoms with van der Waals surface area (Å²) in [5, 5.41) is 4.36. The van der Waals surface area contributed by atoms with Crippen molar-refractivity contribution in [2.45, 2.75) is 25.4 Å². The Morgan fingerprint density at radius 2 is 1.95 bits per heavy atom. The molecule has 2 heterocycles. The largest absolute Gasteiger partial charge is 0.309 e. The maximum atomic E-state index is 11.6. The number of rotatable bonds is 2. The maximum Gasteiger partial charge on any atom is 0.152 e. The summed E-state index contributed by atoms with van der Waals surface area (Å²) < 4.78 is 23.2. The van der Waals surface area contributed by atoms with Crippen molar-refractivity contribution in [3.8, 4) is 0 Å². The van der Waals surface area contributed by atoms with Gasteiger partial charge in [0.05, 0.1) is 11.5 Å². The molecule has 1 aromatic rings. The molecular formula is C15H22Cl2N2O2S. The molecule has 2 aliphatic rings. The summed E-state index contributed by atoms with van der Waals surface area (Å²) in [7, 11) is -2.83. The molecule has 2 saturated heterocycles. The minimum atomic E-state index is -2.83. The van der Waals surface area contributed by atoms with Crippen LogP contribution in [0.25, 0.3) is 0 Å². The van der Waals surface area contributed by atoms with Gasteiger partial charge >= 0.3 is 0 Å². The monoisotopic (exact) mass is 364 g/mol. The van der Waals surface area contributed by atoms with Gasteiger partial charge in [-0.2, -0.15) is 0 Å². The lowest BCUT2D eigenvalue weighted by Crippen LogP contribution is -2.47. The molecule has 7 heteroatoms. The topological polar surface area (TPSA) is 49.4 Å². The van der Waals surface area contributed by atoms with Gasteiger partial charge in [0.25, 0.3) is 0 Å². The number of hydrogen-bond donors (Lipinski definition) is 1. The molecule has 0 amide bonds. The quantitative estimate of drug-likeness (QED) is 0.873. The molecule has 2 fully saturated rings. The number of halogens is 2. The standard InChI is InChI=1S/C15H21ClN2O2S.ClH/c1-11-3-2-4-12(14(11)16)15-13(5-6-17-15)18-7-9-21(19,20)10-8-18;/h2-4,13,15,17H,5-10H2,1H3;1H/t13-,15-;/m1./s1. The summed E-state index contributed by atoms with van der Waals surface area (Å²) in [5.41, 5.74) is 2.22. The first-order valence-electron chi connectivity index (χ1n) is 7.41. The van der Waals surface area contributed by atoms with E-state index in [2.05, 4.69) is 16.3 Å². The van der Waals surface area contributed by atoms with Crippen molar-refractivity contribution >= 4 is 33.8 Å². The van der Waals surface area contributed by atoms with E-state index in [0.29, 0.717) is 19.1 Å². The van der Waals surface area contributed by atoms with Crippen LogP contribution in [0.15, 0.2) is 18.2 Å². The van der Waals surface area contributed by atoms with E-state index in [1.165, 1.54) is 0 Å². The minimum absolute atomic E-state index is 0. The molecule has 1 N–H and O–H groups in total. The molecule has 1 aromatic carbocycles. The van der Waals surface area contributed by atoms with Gasteiger partial charge in [-0.3, -0.25) is 4.90 Å². The van der Waals surface area contributed by atoms with Crippen LogP contribution in [-0.4, -0.2) is 50.5 Å². The van der Waals surface area contributed by atoms with Crippen LogP contribution >= 0.6 is 24.0 Å². The zero-order chi connectivity index (χ0) is 15.0. The highest BCUT2D eigenvalue weighted by atomic mass is 35.5. The van der Waals surface area contributed by atoms with Gasteiger partial charge in [-0.15, -0.1) is 12.4 Å². The van der Waals surface area contributed by atoms with Crippen LogP contribution in [0.1, 0.15) is 23.6 Å². The normalized spacial score (nSPS) is 28.3. The Hall–Kier alpha value is -0.330. The van der Waals surface area contributed by atoms with E-state index in [1.807, 2.05) is 19.1 Å². The van der Waals surface area contributed by atoms with Gasteiger partial charge in [0.15, 0.2) is 9.84 Å². The molecule has 0 spiro atoms. The number of nitrogens with zero attached hydrogens (tertiary/aromatic N) is 1. The Morgan fingerprint density at radius 1 is 1.27 bits per heavy atom. The summed E-state index contributed by atoms with van der Waals surface area (Å²) in [6, 6.07) is 6.65. The van der Waals surface area contributed by atoms with Crippen LogP contribution < -0.4 is 5.32 Å². The molecule has 2 aliphatic heterocycles. The highest BCUT2D eigenvalue weighted by Crippen LogP contribution is 2.34. The molecule has 3 rings (SSSR count). The molecule has 0 aliphatic carbocycles. The SMILES string of the molecule is Cc1cccc([C@H]2NCC[C@H]2N2CCS(=O)(=O)CC2)c1Cl.Cl. The number of sulfone groups is 1. The predicted molar refractivity (Wildman–Crippen MR) is 92.8 cm³/mol. The zero-order valence-corrected chi connectivity index (χ0v) is 15.0. The highest BCUT2D eigenvalue weighted by molar-refractivity contribution is 7.91. The summed E-state index contributed by atoms with van der Waals surface area (Å²) in [5.74, 6) is 0.551. The molecule has 0 saturated carbocycles. The maximum absolute atomic E-state index is 11.6. The van der Waals surface area contributed by atoms with Crippen LogP contribution in [0, 0.1) is 6.92 Å². The van der Waals surface area contributed by atoms with Crippen molar-refractivity contribution in [1.29, 1.82) is 0 Å². The average molecular weight is 365 g/mol. The average Bonchev–Trinajstić information content (AvgIpc) is 2.91. The van der Waals surface area contributed by atoms with E-state index >= 15 is 0 Å². The summed E-state index contributed by atoms with van der Waals surface area (Å²) in [6.45, 7) is 4.23. The van der Waals surface area contributed by atoms with Crippen LogP contribution in [0.5, 0.6) is 0 Å². The number of benzene rings is 1. The lowest BCUT2D eigenvalue weighted by molar-refractivity contribution is 0.196. The second-order valence-corrected chi connectivity index (χ2v) is 8.64. The molecule has 0 aromatic heterocycles. The predicted octanol–water partition coefficient (Wildman–Crippen LogP) is 2.20. The van der Waals surface area contributed by atoms with E-state index in [-0.39, 0.29) is 30.0 Å². The van der Waals surface area contributed by atoms with Crippen LogP contribution in [0.4, 0.5) is 0 Å². The second-order valence-electron chi connectivity index (χ2n) is 5.95. The fraction of sp³-hybridized carbons (Fsp3) is 0.600. The van der Waals surface area contributed by atoms with Crippen molar-refractivity contribution < 1.29 is 8.42 Å². The van der Waals surface area contributed by atoms with Gasteiger partial charge in [0, 0.05) is 30.2 Å². The Kier molecular flexibility index (Phi) is 5.78. The van der Waals surface area contributed by atoms with Gasteiger partial charge in [-0.25, -0.2) is 8.42 Å². The first-order valence-corrected chi connectivity index (χ1v) is 9.61. The molecule has 0 unspecified atom stereocenters. The summed E-state index contributed by atoms with van der Waals surface area (Å²) >= 11 is 6.47. The molecule has 4 nitrogen and oxygen atoms in total. The zero-order valence-electron chi connectivity index (χ0n) is 12.6. The summed E-state index contributed by atoms with van der Waals surface area (Å²) in [6.07, 6.45) is 1.04. The van der Waals surface area contributed by atoms with Gasteiger partial charge < -0.3 is 5.32 Å². The lowest BCUT2D eigenvalue weighted by Gasteiger charge is -2.35. The van der Waals surface area contributed by atoms with E-state index in [9.17, 15) is 8.42 Å². The van der Waals surface area contributed by atoms with E-state index in [4.69, 9.17) is 11.6 Å². The molecule has 2 atom stereocenters. The van der Waals surface area contributed by atoms with Crippen molar-refractivity contribution in [1.82, 2.24) is 10.2 Å². The third kappa shape index (κ3) is 3.60. The molecular weight excluding hydrogens is 343 g/mol. The van der Waals surface area contributed by atoms with Gasteiger partial charge in [0.2, 0.25) is 0 Å². The smallest absolute Gasteiger partial charge is 0.152 e. The second kappa shape index (κ2) is 7.05. The number of nitrogens with one attached hydrogen (secondary N) is 1. The number of aryl methyl sites for hydroxylation is 1. The first-order chi connectivity index (χ1) is 9.98. The van der Waals surface area contributed by atoms with Gasteiger partial charge in [0.1, 0.15) is 0 Å². The van der Waals surface area contributed by atoms with Crippen molar-refractivity contribution in [2.24, 2.45) is 0 Å². The fourth-order valence-electron chi connectivity index (χ4n) is 3.37. The molecule has 124 valence electrons. The van der Waals surface area contributed by atoms with Crippen molar-refractivity contribution in [3.63, 3.8) is 0 Å². The lowest BCUT2D eigenvalue weighted by atomic mass is 9.97. The highest BCUT2D eigenvalue weighted by Gasteiger charge is 2.36. The number of hydrogen-bond acceptors (Lipinski definition) is 4. The van der Waals surface area contributed by atoms with Crippen LogP contribution in [0.3, 0.4) is 0 Å². The molecule has 0 radical (unpaired) electrons. The van der Waals surface area contributed by atoms with E-state index in [1.54, 1.807) is 0 Å². The Labute approximate surface area is 143 Å². The van der Waals surface area contributed by atoms with Crippen LogP contribution in [-0.2, 0) is 9.84 Å². The third-order valence-corrected chi connectivity index (χ3v) is 6.72. The fourth-order valence-corrected chi connectivity index (χ4v) is 4.84. The third-order valence-electron chi connectivity index (χ3n) is 4.59. The van der Waals surface area contributed by atoms with Gasteiger partial charge in [-0.1, -0.05) is 29.8 Å². The first kappa shape index (κ1) is 18.0. The van der Waals surface area contributed by atoms with E-state index in [0.717, 1.165) is 29.1 Å². The Bertz CT molecular complexity index is 622. The molecule has 22 heavy (non-hydrogen) atoms. The minimum Gasteiger partial charge on any atom is -0.309 e. The van der Waals surface area contributed by atoms with Gasteiger partial charge in [-0.05, 0) is 31.0 Å². The van der Waals surface area contributed by atoms with E-state index < -0.39 is 9.84 Å². The van der Waals surface area contributed by atoms with Crippen molar-refractivity contribution in [2.75, 3.05) is 31.1 Å². The Morgan fingerprint density at radius 3 is 2.64 bits per heavy atom.